The van der Waals surface area contributed by atoms with E-state index in [0.29, 0.717) is 17.1 Å². The third-order valence-corrected chi connectivity index (χ3v) is 3.35. The number of halogens is 3. The lowest BCUT2D eigenvalue weighted by atomic mass is 10.1. The number of hydrogen-bond donors (Lipinski definition) is 2. The summed E-state index contributed by atoms with van der Waals surface area (Å²) in [5.41, 5.74) is 0.526. The van der Waals surface area contributed by atoms with E-state index >= 15 is 0 Å². The van der Waals surface area contributed by atoms with E-state index < -0.39 is 23.8 Å². The summed E-state index contributed by atoms with van der Waals surface area (Å²) in [4.78, 5) is 20.0. The van der Waals surface area contributed by atoms with Crippen molar-refractivity contribution in [2.75, 3.05) is 0 Å². The van der Waals surface area contributed by atoms with Crippen LogP contribution in [0.4, 0.5) is 18.0 Å². The van der Waals surface area contributed by atoms with Crippen molar-refractivity contribution in [2.45, 2.75) is 32.6 Å². The van der Waals surface area contributed by atoms with Crippen molar-refractivity contribution in [1.82, 2.24) is 20.6 Å². The molecule has 1 unspecified atom stereocenters. The molecule has 2 aromatic rings. The Kier molecular flexibility index (Phi) is 5.38. The Bertz CT molecular complexity index is 701. The highest BCUT2D eigenvalue weighted by molar-refractivity contribution is 5.74. The van der Waals surface area contributed by atoms with Gasteiger partial charge in [0.15, 0.2) is 0 Å². The van der Waals surface area contributed by atoms with Crippen molar-refractivity contribution in [3.63, 3.8) is 0 Å². The van der Waals surface area contributed by atoms with Crippen LogP contribution in [0, 0.1) is 6.92 Å². The normalized spacial score (nSPS) is 12.5. The predicted octanol–water partition coefficient (Wildman–Crippen LogP) is 3.36. The summed E-state index contributed by atoms with van der Waals surface area (Å²) in [5.74, 6) is 0.604. The number of urea groups is 1. The number of alkyl halides is 3. The van der Waals surface area contributed by atoms with E-state index in [1.54, 1.807) is 26.1 Å². The highest BCUT2D eigenvalue weighted by Crippen LogP contribution is 2.29. The van der Waals surface area contributed by atoms with Gasteiger partial charge < -0.3 is 10.6 Å². The van der Waals surface area contributed by atoms with Gasteiger partial charge in [-0.2, -0.15) is 13.2 Å². The van der Waals surface area contributed by atoms with Crippen LogP contribution in [-0.2, 0) is 12.7 Å². The molecule has 2 N–H and O–H groups in total. The first kappa shape index (κ1) is 17.7. The van der Waals surface area contributed by atoms with Crippen LogP contribution >= 0.6 is 0 Å². The number of nitrogens with zero attached hydrogens (tertiary/aromatic N) is 2. The monoisotopic (exact) mass is 338 g/mol. The number of aromatic nitrogens is 2. The van der Waals surface area contributed by atoms with Crippen molar-refractivity contribution < 1.29 is 18.0 Å². The fourth-order valence-corrected chi connectivity index (χ4v) is 2.07. The van der Waals surface area contributed by atoms with E-state index in [9.17, 15) is 18.0 Å². The average molecular weight is 338 g/mol. The summed E-state index contributed by atoms with van der Waals surface area (Å²) in [5, 5.41) is 5.31. The molecule has 0 fully saturated rings. The molecule has 128 valence electrons. The molecule has 0 bridgehead atoms. The zero-order valence-corrected chi connectivity index (χ0v) is 13.2. The fraction of sp³-hybridized carbons (Fsp3) is 0.312. The summed E-state index contributed by atoms with van der Waals surface area (Å²) in [7, 11) is 0. The van der Waals surface area contributed by atoms with E-state index in [-0.39, 0.29) is 6.54 Å². The SMILES string of the molecule is Cc1nccc(CNC(=O)NC(C)c2ccc(C(F)(F)F)cc2)n1. The van der Waals surface area contributed by atoms with Gasteiger partial charge >= 0.3 is 12.2 Å². The Hall–Kier alpha value is -2.64. The zero-order valence-electron chi connectivity index (χ0n) is 13.2. The number of carbonyl (C=O) groups is 1. The van der Waals surface area contributed by atoms with Gasteiger partial charge in [-0.3, -0.25) is 0 Å². The number of amides is 2. The minimum atomic E-state index is -4.37. The average Bonchev–Trinajstić information content (AvgIpc) is 2.52. The Labute approximate surface area is 137 Å². The number of carbonyl (C=O) groups excluding carboxylic acids is 1. The Morgan fingerprint density at radius 2 is 1.88 bits per heavy atom. The summed E-state index contributed by atoms with van der Waals surface area (Å²) in [6.45, 7) is 3.67. The second-order valence-corrected chi connectivity index (χ2v) is 5.26. The van der Waals surface area contributed by atoms with Gasteiger partial charge in [0.1, 0.15) is 5.82 Å². The number of hydrogen-bond acceptors (Lipinski definition) is 3. The summed E-state index contributed by atoms with van der Waals surface area (Å²) >= 11 is 0. The van der Waals surface area contributed by atoms with Gasteiger partial charge in [-0.25, -0.2) is 14.8 Å². The topological polar surface area (TPSA) is 66.9 Å². The van der Waals surface area contributed by atoms with Crippen molar-refractivity contribution in [1.29, 1.82) is 0 Å². The molecule has 0 aliphatic heterocycles. The first-order valence-electron chi connectivity index (χ1n) is 7.26. The van der Waals surface area contributed by atoms with Crippen LogP contribution in [0.15, 0.2) is 36.5 Å². The van der Waals surface area contributed by atoms with Gasteiger partial charge in [0.05, 0.1) is 23.8 Å². The minimum absolute atomic E-state index is 0.231. The Balaban J connectivity index is 1.89. The van der Waals surface area contributed by atoms with E-state index in [2.05, 4.69) is 20.6 Å². The fourth-order valence-electron chi connectivity index (χ4n) is 2.07. The Morgan fingerprint density at radius 3 is 2.46 bits per heavy atom. The maximum absolute atomic E-state index is 12.5. The number of benzene rings is 1. The molecule has 0 aliphatic carbocycles. The van der Waals surface area contributed by atoms with Crippen molar-refractivity contribution in [2.24, 2.45) is 0 Å². The molecule has 0 saturated heterocycles. The third kappa shape index (κ3) is 4.94. The van der Waals surface area contributed by atoms with Gasteiger partial charge in [0.2, 0.25) is 0 Å². The van der Waals surface area contributed by atoms with Crippen LogP contribution < -0.4 is 10.6 Å². The first-order valence-corrected chi connectivity index (χ1v) is 7.26. The van der Waals surface area contributed by atoms with Crippen LogP contribution in [0.25, 0.3) is 0 Å². The molecule has 1 atom stereocenters. The van der Waals surface area contributed by atoms with Gasteiger partial charge in [-0.15, -0.1) is 0 Å². The molecule has 0 spiro atoms. The minimum Gasteiger partial charge on any atom is -0.332 e. The second-order valence-electron chi connectivity index (χ2n) is 5.26. The predicted molar refractivity (Wildman–Crippen MR) is 82.0 cm³/mol. The van der Waals surface area contributed by atoms with E-state index in [0.717, 1.165) is 12.1 Å². The molecular formula is C16H17F3N4O. The summed E-state index contributed by atoms with van der Waals surface area (Å²) in [6, 6.07) is 5.51. The van der Waals surface area contributed by atoms with Gasteiger partial charge in [0, 0.05) is 6.20 Å². The van der Waals surface area contributed by atoms with Crippen LogP contribution in [0.2, 0.25) is 0 Å². The molecule has 0 radical (unpaired) electrons. The van der Waals surface area contributed by atoms with Gasteiger partial charge in [-0.1, -0.05) is 12.1 Å². The molecule has 1 aromatic heterocycles. The van der Waals surface area contributed by atoms with Crippen molar-refractivity contribution in [3.05, 3.63) is 59.2 Å². The lowest BCUT2D eigenvalue weighted by Gasteiger charge is -2.16. The van der Waals surface area contributed by atoms with E-state index in [4.69, 9.17) is 0 Å². The van der Waals surface area contributed by atoms with Gasteiger partial charge in [-0.05, 0) is 37.6 Å². The molecule has 2 amide bonds. The van der Waals surface area contributed by atoms with Crippen LogP contribution in [0.5, 0.6) is 0 Å². The molecular weight excluding hydrogens is 321 g/mol. The quantitative estimate of drug-likeness (QED) is 0.898. The zero-order chi connectivity index (χ0) is 17.7. The highest BCUT2D eigenvalue weighted by Gasteiger charge is 2.30. The largest absolute Gasteiger partial charge is 0.416 e. The third-order valence-electron chi connectivity index (χ3n) is 3.35. The van der Waals surface area contributed by atoms with Crippen molar-refractivity contribution >= 4 is 6.03 Å². The van der Waals surface area contributed by atoms with Gasteiger partial charge in [0.25, 0.3) is 0 Å². The molecule has 8 heteroatoms. The molecule has 24 heavy (non-hydrogen) atoms. The molecule has 0 saturated carbocycles. The van der Waals surface area contributed by atoms with Crippen LogP contribution in [0.1, 0.15) is 35.6 Å². The van der Waals surface area contributed by atoms with E-state index in [1.165, 1.54) is 12.1 Å². The molecule has 0 aliphatic rings. The summed E-state index contributed by atoms with van der Waals surface area (Å²) < 4.78 is 37.6. The maximum Gasteiger partial charge on any atom is 0.416 e. The molecule has 5 nitrogen and oxygen atoms in total. The standard InChI is InChI=1S/C16H17F3N4O/c1-10(12-3-5-13(6-4-12)16(17,18)19)22-15(24)21-9-14-7-8-20-11(2)23-14/h3-8,10H,9H2,1-2H3,(H2,21,22,24). The smallest absolute Gasteiger partial charge is 0.332 e. The lowest BCUT2D eigenvalue weighted by Crippen LogP contribution is -2.36. The molecule has 1 heterocycles. The maximum atomic E-state index is 12.5. The second kappa shape index (κ2) is 7.29. The molecule has 1 aromatic carbocycles. The van der Waals surface area contributed by atoms with Crippen LogP contribution in [-0.4, -0.2) is 16.0 Å². The number of nitrogens with one attached hydrogen (secondary N) is 2. The van der Waals surface area contributed by atoms with Crippen molar-refractivity contribution in [3.8, 4) is 0 Å². The van der Waals surface area contributed by atoms with E-state index in [1.807, 2.05) is 0 Å². The lowest BCUT2D eigenvalue weighted by molar-refractivity contribution is -0.137. The first-order chi connectivity index (χ1) is 11.3. The Morgan fingerprint density at radius 1 is 1.21 bits per heavy atom. The number of rotatable bonds is 4. The highest BCUT2D eigenvalue weighted by atomic mass is 19.4. The summed E-state index contributed by atoms with van der Waals surface area (Å²) in [6.07, 6.45) is -2.77. The molecule has 2 rings (SSSR count). The van der Waals surface area contributed by atoms with Crippen LogP contribution in [0.3, 0.4) is 0 Å². The number of aryl methyl sites for hydroxylation is 1.